The highest BCUT2D eigenvalue weighted by atomic mass is 16.5. The fourth-order valence-corrected chi connectivity index (χ4v) is 1.82. The number of hydrogen-bond acceptors (Lipinski definition) is 4. The van der Waals surface area contributed by atoms with Crippen LogP contribution in [0.25, 0.3) is 0 Å². The van der Waals surface area contributed by atoms with Crippen LogP contribution >= 0.6 is 0 Å². The van der Waals surface area contributed by atoms with Crippen molar-refractivity contribution >= 4 is 12.0 Å². The zero-order valence-electron chi connectivity index (χ0n) is 13.2. The average molecular weight is 296 g/mol. The smallest absolute Gasteiger partial charge is 0.212 e. The lowest BCUT2D eigenvalue weighted by molar-refractivity contribution is 0.306. The van der Waals surface area contributed by atoms with E-state index in [9.17, 15) is 10.5 Å². The summed E-state index contributed by atoms with van der Waals surface area (Å²) in [4.78, 5) is 7.21. The first kappa shape index (κ1) is 17.3. The Bertz CT molecular complexity index is 666. The van der Waals surface area contributed by atoms with E-state index in [-0.39, 0.29) is 11.1 Å². The van der Waals surface area contributed by atoms with E-state index in [2.05, 4.69) is 9.98 Å². The first-order valence-corrected chi connectivity index (χ1v) is 7.27. The van der Waals surface area contributed by atoms with Crippen LogP contribution in [0.15, 0.2) is 28.8 Å². The van der Waals surface area contributed by atoms with Gasteiger partial charge in [-0.05, 0) is 25.3 Å². The number of aromatic nitrogens is 1. The van der Waals surface area contributed by atoms with Crippen molar-refractivity contribution < 1.29 is 4.74 Å². The number of rotatable bonds is 7. The van der Waals surface area contributed by atoms with Crippen molar-refractivity contribution in [2.45, 2.75) is 33.6 Å². The molecular formula is C17H20N4O. The van der Waals surface area contributed by atoms with E-state index in [1.165, 1.54) is 0 Å². The van der Waals surface area contributed by atoms with Gasteiger partial charge in [-0.15, -0.1) is 0 Å². The maximum atomic E-state index is 9.26. The molecule has 5 nitrogen and oxygen atoms in total. The Morgan fingerprint density at radius 2 is 2.00 bits per heavy atom. The van der Waals surface area contributed by atoms with E-state index >= 15 is 0 Å². The second-order valence-corrected chi connectivity index (χ2v) is 4.50. The largest absolute Gasteiger partial charge is 0.478 e. The van der Waals surface area contributed by atoms with Crippen LogP contribution < -0.4 is 4.74 Å². The highest BCUT2D eigenvalue weighted by molar-refractivity contribution is 5.85. The number of H-pyrrole nitrogens is 1. The number of allylic oxidation sites excluding steroid dienone is 4. The van der Waals surface area contributed by atoms with Crippen molar-refractivity contribution in [3.05, 3.63) is 34.9 Å². The summed E-state index contributed by atoms with van der Waals surface area (Å²) in [6, 6.07) is 4.02. The first-order valence-electron chi connectivity index (χ1n) is 7.27. The Morgan fingerprint density at radius 1 is 1.27 bits per heavy atom. The van der Waals surface area contributed by atoms with E-state index < -0.39 is 0 Å². The normalized spacial score (nSPS) is 11.8. The van der Waals surface area contributed by atoms with Gasteiger partial charge in [0.1, 0.15) is 23.3 Å². The molecule has 0 aliphatic heterocycles. The molecule has 5 heteroatoms. The molecule has 0 unspecified atom stereocenters. The zero-order chi connectivity index (χ0) is 16.4. The second kappa shape index (κ2) is 9.20. The molecule has 0 radical (unpaired) electrons. The van der Waals surface area contributed by atoms with Crippen LogP contribution in [0.5, 0.6) is 5.88 Å². The van der Waals surface area contributed by atoms with Gasteiger partial charge in [0.05, 0.1) is 6.61 Å². The second-order valence-electron chi connectivity index (χ2n) is 4.50. The molecule has 1 N–H and O–H groups in total. The van der Waals surface area contributed by atoms with E-state index in [4.69, 9.17) is 4.74 Å². The molecule has 0 spiro atoms. The fourth-order valence-electron chi connectivity index (χ4n) is 1.82. The lowest BCUT2D eigenvalue weighted by Gasteiger charge is -2.00. The molecule has 1 rings (SSSR count). The summed E-state index contributed by atoms with van der Waals surface area (Å²) in [5, 5.41) is 18.5. The molecule has 1 aromatic heterocycles. The van der Waals surface area contributed by atoms with Gasteiger partial charge in [0.15, 0.2) is 5.82 Å². The molecule has 1 heterocycles. The Kier molecular flexibility index (Phi) is 7.22. The van der Waals surface area contributed by atoms with Crippen molar-refractivity contribution in [2.24, 2.45) is 4.99 Å². The summed E-state index contributed by atoms with van der Waals surface area (Å²) >= 11 is 0. The van der Waals surface area contributed by atoms with Crippen molar-refractivity contribution in [3.63, 3.8) is 0 Å². The molecular weight excluding hydrogens is 276 g/mol. The number of nitriles is 2. The van der Waals surface area contributed by atoms with Crippen LogP contribution in [0.3, 0.4) is 0 Å². The van der Waals surface area contributed by atoms with Gasteiger partial charge in [-0.2, -0.15) is 10.5 Å². The number of nitrogens with one attached hydrogen (secondary N) is 1. The average Bonchev–Trinajstić information content (AvgIpc) is 2.87. The molecule has 0 amide bonds. The third kappa shape index (κ3) is 4.36. The quantitative estimate of drug-likeness (QED) is 0.605. The third-order valence-corrected chi connectivity index (χ3v) is 2.76. The predicted octanol–water partition coefficient (Wildman–Crippen LogP) is 4.16. The minimum Gasteiger partial charge on any atom is -0.478 e. The van der Waals surface area contributed by atoms with Crippen LogP contribution in [-0.4, -0.2) is 17.8 Å². The number of hydrogen-bond donors (Lipinski definition) is 1. The van der Waals surface area contributed by atoms with Crippen LogP contribution in [0.1, 0.15) is 44.7 Å². The van der Waals surface area contributed by atoms with Crippen molar-refractivity contribution in [1.29, 1.82) is 10.5 Å². The standard InChI is InChI=1S/C17H20N4O/c1-4-7-13(8-5-2)12-20-16-14(10-18)15(11-19)17(21-16)22-9-6-3/h4,7-8,12,21H,5-6,9H2,1-3H3/b7-4-,13-8+,20-12+. The highest BCUT2D eigenvalue weighted by Crippen LogP contribution is 2.30. The van der Waals surface area contributed by atoms with Gasteiger partial charge < -0.3 is 9.72 Å². The lowest BCUT2D eigenvalue weighted by atomic mass is 10.2. The lowest BCUT2D eigenvalue weighted by Crippen LogP contribution is -1.96. The molecule has 0 saturated heterocycles. The summed E-state index contributed by atoms with van der Waals surface area (Å²) in [5.74, 6) is 0.650. The van der Waals surface area contributed by atoms with E-state index in [1.807, 2.05) is 51.1 Å². The fraction of sp³-hybridized carbons (Fsp3) is 0.353. The number of aromatic amines is 1. The SMILES string of the molecule is C\C=C/C(/C=N/c1[nH]c(OCCC)c(C#N)c1C#N)=C\CC. The summed E-state index contributed by atoms with van der Waals surface area (Å²) in [6.07, 6.45) is 9.25. The minimum absolute atomic E-state index is 0.204. The minimum atomic E-state index is 0.204. The van der Waals surface area contributed by atoms with Gasteiger partial charge in [0.2, 0.25) is 5.88 Å². The van der Waals surface area contributed by atoms with Gasteiger partial charge in [0, 0.05) is 6.21 Å². The third-order valence-electron chi connectivity index (χ3n) is 2.76. The van der Waals surface area contributed by atoms with E-state index in [1.54, 1.807) is 6.21 Å². The van der Waals surface area contributed by atoms with Gasteiger partial charge in [0.25, 0.3) is 0 Å². The van der Waals surface area contributed by atoms with Crippen LogP contribution in [0.4, 0.5) is 5.82 Å². The summed E-state index contributed by atoms with van der Waals surface area (Å²) in [7, 11) is 0. The van der Waals surface area contributed by atoms with Crippen LogP contribution in [0.2, 0.25) is 0 Å². The summed E-state index contributed by atoms with van der Waals surface area (Å²) in [5.41, 5.74) is 1.36. The first-order chi connectivity index (χ1) is 10.7. The van der Waals surface area contributed by atoms with Crippen molar-refractivity contribution in [2.75, 3.05) is 6.61 Å². The molecule has 114 valence electrons. The van der Waals surface area contributed by atoms with Gasteiger partial charge >= 0.3 is 0 Å². The summed E-state index contributed by atoms with van der Waals surface area (Å²) in [6.45, 7) is 6.41. The molecule has 0 atom stereocenters. The van der Waals surface area contributed by atoms with E-state index in [0.717, 1.165) is 18.4 Å². The zero-order valence-corrected chi connectivity index (χ0v) is 13.2. The highest BCUT2D eigenvalue weighted by Gasteiger charge is 2.18. The Morgan fingerprint density at radius 3 is 2.55 bits per heavy atom. The molecule has 0 fully saturated rings. The Labute approximate surface area is 131 Å². The van der Waals surface area contributed by atoms with Crippen molar-refractivity contribution in [3.8, 4) is 18.0 Å². The van der Waals surface area contributed by atoms with Crippen LogP contribution in [0, 0.1) is 22.7 Å². The number of ether oxygens (including phenoxy) is 1. The molecule has 1 aromatic rings. The molecule has 0 aliphatic rings. The van der Waals surface area contributed by atoms with Crippen molar-refractivity contribution in [1.82, 2.24) is 4.98 Å². The number of aliphatic imine (C=N–C) groups is 1. The monoisotopic (exact) mass is 296 g/mol. The molecule has 22 heavy (non-hydrogen) atoms. The maximum absolute atomic E-state index is 9.26. The molecule has 0 bridgehead atoms. The van der Waals surface area contributed by atoms with Gasteiger partial charge in [-0.3, -0.25) is 0 Å². The topological polar surface area (TPSA) is 85.0 Å². The molecule has 0 aliphatic carbocycles. The predicted molar refractivity (Wildman–Crippen MR) is 87.3 cm³/mol. The Balaban J connectivity index is 3.19. The van der Waals surface area contributed by atoms with Gasteiger partial charge in [-0.1, -0.05) is 32.1 Å². The summed E-state index contributed by atoms with van der Waals surface area (Å²) < 4.78 is 5.47. The molecule has 0 saturated carbocycles. The maximum Gasteiger partial charge on any atom is 0.212 e. The number of nitrogens with zero attached hydrogens (tertiary/aromatic N) is 3. The van der Waals surface area contributed by atoms with E-state index in [0.29, 0.717) is 18.3 Å². The molecule has 0 aromatic carbocycles. The Hall–Kier alpha value is -2.79. The van der Waals surface area contributed by atoms with Gasteiger partial charge in [-0.25, -0.2) is 4.99 Å². The van der Waals surface area contributed by atoms with Crippen LogP contribution in [-0.2, 0) is 0 Å².